The lowest BCUT2D eigenvalue weighted by Crippen LogP contribution is -2.41. The number of hydrogen-bond donors (Lipinski definition) is 0. The molecule has 8 nitrogen and oxygen atoms in total. The van der Waals surface area contributed by atoms with Gasteiger partial charge in [-0.25, -0.2) is 9.79 Å². The van der Waals surface area contributed by atoms with Crippen LogP contribution in [0, 0.1) is 11.3 Å². The molecule has 4 aromatic rings. The zero-order valence-electron chi connectivity index (χ0n) is 23.7. The number of carbonyl (C=O) groups is 1. The Hall–Kier alpha value is -4.86. The maximum Gasteiger partial charge on any atom is 0.434 e. The van der Waals surface area contributed by atoms with Crippen molar-refractivity contribution < 1.29 is 32.2 Å². The molecule has 1 aromatic heterocycles. The van der Waals surface area contributed by atoms with E-state index < -0.39 is 35.0 Å². The molecule has 1 atom stereocenters. The van der Waals surface area contributed by atoms with E-state index in [2.05, 4.69) is 4.99 Å². The largest absolute Gasteiger partial charge is 0.493 e. The molecular weight excluding hydrogens is 631 g/mol. The third-order valence-electron chi connectivity index (χ3n) is 6.76. The summed E-state index contributed by atoms with van der Waals surface area (Å²) in [7, 11) is 1.45. The Morgan fingerprint density at radius 3 is 2.47 bits per heavy atom. The molecule has 0 amide bonds. The number of nitriles is 1. The van der Waals surface area contributed by atoms with Gasteiger partial charge in [-0.05, 0) is 54.5 Å². The van der Waals surface area contributed by atoms with E-state index in [1.54, 1.807) is 42.5 Å². The molecule has 13 heteroatoms. The highest BCUT2D eigenvalue weighted by Crippen LogP contribution is 2.38. The Labute approximate surface area is 263 Å². The number of esters is 1. The number of hydrogen-bond acceptors (Lipinski definition) is 8. The van der Waals surface area contributed by atoms with E-state index in [0.717, 1.165) is 21.5 Å². The van der Waals surface area contributed by atoms with Crippen LogP contribution in [0.2, 0.25) is 5.02 Å². The lowest BCUT2D eigenvalue weighted by Gasteiger charge is -2.26. The first kappa shape index (κ1) is 31.6. The van der Waals surface area contributed by atoms with Gasteiger partial charge in [-0.3, -0.25) is 9.36 Å². The Morgan fingerprint density at radius 1 is 1.13 bits per heavy atom. The fourth-order valence-electron chi connectivity index (χ4n) is 4.73. The van der Waals surface area contributed by atoms with Crippen LogP contribution in [0.1, 0.15) is 35.2 Å². The van der Waals surface area contributed by atoms with Gasteiger partial charge >= 0.3 is 12.1 Å². The van der Waals surface area contributed by atoms with E-state index >= 15 is 0 Å². The summed E-state index contributed by atoms with van der Waals surface area (Å²) in [5.74, 6) is -0.602. The van der Waals surface area contributed by atoms with Crippen molar-refractivity contribution in [3.8, 4) is 17.6 Å². The van der Waals surface area contributed by atoms with E-state index in [0.29, 0.717) is 21.9 Å². The summed E-state index contributed by atoms with van der Waals surface area (Å²) < 4.78 is 60.8. The number of nitrogens with zero attached hydrogens (tertiary/aromatic N) is 3. The lowest BCUT2D eigenvalue weighted by atomic mass is 9.95. The third kappa shape index (κ3) is 6.50. The molecule has 2 heterocycles. The summed E-state index contributed by atoms with van der Waals surface area (Å²) in [5.41, 5.74) is -1.05. The number of allylic oxidation sites excluding steroid dienone is 1. The van der Waals surface area contributed by atoms with Gasteiger partial charge in [-0.15, -0.1) is 0 Å². The molecule has 3 aromatic carbocycles. The number of fused-ring (bicyclic) bond motifs is 1. The Bertz CT molecular complexity index is 2010. The summed E-state index contributed by atoms with van der Waals surface area (Å²) in [6.07, 6.45) is -3.55. The maximum absolute atomic E-state index is 14.4. The minimum absolute atomic E-state index is 0.0378. The van der Waals surface area contributed by atoms with Crippen LogP contribution >= 0.6 is 22.9 Å². The average molecular weight is 654 g/mol. The number of thiazole rings is 1. The third-order valence-corrected chi connectivity index (χ3v) is 8.00. The van der Waals surface area contributed by atoms with Gasteiger partial charge in [0, 0.05) is 10.6 Å². The molecule has 0 radical (unpaired) electrons. The zero-order chi connectivity index (χ0) is 32.3. The summed E-state index contributed by atoms with van der Waals surface area (Å²) in [6, 6.07) is 18.1. The van der Waals surface area contributed by atoms with Gasteiger partial charge in [0.2, 0.25) is 0 Å². The van der Waals surface area contributed by atoms with Gasteiger partial charge in [-0.2, -0.15) is 18.4 Å². The number of benzene rings is 3. The molecule has 0 aliphatic carbocycles. The number of carbonyl (C=O) groups excluding carboxylic acids is 1. The molecule has 5 rings (SSSR count). The molecule has 0 saturated heterocycles. The molecule has 1 aliphatic heterocycles. The van der Waals surface area contributed by atoms with E-state index in [-0.39, 0.29) is 33.9 Å². The van der Waals surface area contributed by atoms with Gasteiger partial charge in [0.1, 0.15) is 6.61 Å². The number of aromatic nitrogens is 1. The van der Waals surface area contributed by atoms with Crippen LogP contribution in [-0.4, -0.2) is 30.4 Å². The van der Waals surface area contributed by atoms with E-state index in [1.165, 1.54) is 44.4 Å². The van der Waals surface area contributed by atoms with E-state index in [4.69, 9.17) is 31.1 Å². The first-order valence-electron chi connectivity index (χ1n) is 13.4. The zero-order valence-corrected chi connectivity index (χ0v) is 25.3. The van der Waals surface area contributed by atoms with Crippen molar-refractivity contribution in [2.24, 2.45) is 4.99 Å². The van der Waals surface area contributed by atoms with Gasteiger partial charge in [0.15, 0.2) is 22.0 Å². The number of rotatable bonds is 8. The van der Waals surface area contributed by atoms with Crippen molar-refractivity contribution in [3.05, 3.63) is 125 Å². The normalized spacial score (nSPS) is 14.8. The Balaban J connectivity index is 1.68. The highest BCUT2D eigenvalue weighted by Gasteiger charge is 2.45. The molecule has 0 bridgehead atoms. The van der Waals surface area contributed by atoms with Crippen molar-refractivity contribution in [2.45, 2.75) is 25.7 Å². The first-order valence-corrected chi connectivity index (χ1v) is 14.6. The summed E-state index contributed by atoms with van der Waals surface area (Å²) in [6.45, 7) is 1.38. The summed E-state index contributed by atoms with van der Waals surface area (Å²) in [4.78, 5) is 30.5. The summed E-state index contributed by atoms with van der Waals surface area (Å²) >= 11 is 6.77. The molecule has 230 valence electrons. The Morgan fingerprint density at radius 2 is 1.84 bits per heavy atom. The van der Waals surface area contributed by atoms with E-state index in [9.17, 15) is 22.8 Å². The van der Waals surface area contributed by atoms with Crippen molar-refractivity contribution >= 4 is 35.0 Å². The second-order valence-corrected chi connectivity index (χ2v) is 11.0. The minimum Gasteiger partial charge on any atom is -0.493 e. The molecule has 0 spiro atoms. The van der Waals surface area contributed by atoms with Crippen LogP contribution in [0.25, 0.3) is 6.08 Å². The molecule has 0 fully saturated rings. The molecule has 0 N–H and O–H groups in total. The van der Waals surface area contributed by atoms with Crippen LogP contribution in [0.5, 0.6) is 11.5 Å². The molecule has 1 aliphatic rings. The fourth-order valence-corrected chi connectivity index (χ4v) is 5.85. The molecule has 0 unspecified atom stereocenters. The van der Waals surface area contributed by atoms with Crippen LogP contribution in [0.4, 0.5) is 13.2 Å². The predicted molar refractivity (Wildman–Crippen MR) is 161 cm³/mol. The SMILES string of the molecule is CCOC(=O)C1=C(C(F)(F)F)N=c2s/c(=C\c3cccc(OC)c3OCc3ccc(C#N)cc3)c(=O)n2[C@@H]1c1ccc(Cl)cc1. The van der Waals surface area contributed by atoms with Crippen LogP contribution in [0.3, 0.4) is 0 Å². The number of ether oxygens (including phenoxy) is 3. The maximum atomic E-state index is 14.4. The average Bonchev–Trinajstić information content (AvgIpc) is 3.34. The van der Waals surface area contributed by atoms with Gasteiger partial charge in [0.25, 0.3) is 5.56 Å². The van der Waals surface area contributed by atoms with Crippen molar-refractivity contribution in [1.82, 2.24) is 4.57 Å². The van der Waals surface area contributed by atoms with Gasteiger partial charge in [-0.1, -0.05) is 59.3 Å². The smallest absolute Gasteiger partial charge is 0.434 e. The van der Waals surface area contributed by atoms with Crippen molar-refractivity contribution in [3.63, 3.8) is 0 Å². The number of halogens is 4. The quantitative estimate of drug-likeness (QED) is 0.234. The molecule has 0 saturated carbocycles. The van der Waals surface area contributed by atoms with Gasteiger partial charge in [0.05, 0.1) is 41.5 Å². The minimum atomic E-state index is -5.03. The number of alkyl halides is 3. The summed E-state index contributed by atoms with van der Waals surface area (Å²) in [5, 5.41) is 9.37. The lowest BCUT2D eigenvalue weighted by molar-refractivity contribution is -0.140. The highest BCUT2D eigenvalue weighted by molar-refractivity contribution is 7.07. The standard InChI is InChI=1S/C32H23ClF3N3O5S/c1-3-43-30(41)25-26(20-11-13-22(33)14-12-20)39-29(40)24(45-31(39)38-28(25)32(34,35)36)15-21-5-4-6-23(42-2)27(21)44-17-19-9-7-18(16-37)8-10-19/h4-15,26H,3,17H2,1-2H3/b24-15-/t26-/m1/s1. The second kappa shape index (κ2) is 13.0. The number of para-hydroxylation sites is 1. The predicted octanol–water partition coefficient (Wildman–Crippen LogP) is 5.45. The van der Waals surface area contributed by atoms with Crippen LogP contribution < -0.4 is 24.4 Å². The van der Waals surface area contributed by atoms with E-state index in [1.807, 2.05) is 6.07 Å². The van der Waals surface area contributed by atoms with Gasteiger partial charge < -0.3 is 14.2 Å². The van der Waals surface area contributed by atoms with Crippen LogP contribution in [-0.2, 0) is 16.1 Å². The molecule has 45 heavy (non-hydrogen) atoms. The topological polar surface area (TPSA) is 103 Å². The second-order valence-electron chi connectivity index (χ2n) is 9.59. The highest BCUT2D eigenvalue weighted by atomic mass is 35.5. The number of methoxy groups -OCH3 is 1. The van der Waals surface area contributed by atoms with Crippen LogP contribution in [0.15, 0.2) is 87.8 Å². The first-order chi connectivity index (χ1) is 21.5. The van der Waals surface area contributed by atoms with Crippen molar-refractivity contribution in [1.29, 1.82) is 5.26 Å². The Kier molecular flexibility index (Phi) is 9.13. The van der Waals surface area contributed by atoms with Crippen molar-refractivity contribution in [2.75, 3.05) is 13.7 Å². The monoisotopic (exact) mass is 653 g/mol. The fraction of sp³-hybridized carbons (Fsp3) is 0.188. The molecular formula is C32H23ClF3N3O5S.